The van der Waals surface area contributed by atoms with Gasteiger partial charge in [-0.3, -0.25) is 4.79 Å². The van der Waals surface area contributed by atoms with E-state index in [1.54, 1.807) is 12.1 Å². The van der Waals surface area contributed by atoms with E-state index in [0.29, 0.717) is 11.4 Å². The number of para-hydroxylation sites is 2. The van der Waals surface area contributed by atoms with Gasteiger partial charge in [-0.05, 0) is 23.6 Å². The summed E-state index contributed by atoms with van der Waals surface area (Å²) in [6.07, 6.45) is 0. The zero-order valence-corrected chi connectivity index (χ0v) is 13.1. The fourth-order valence-electron chi connectivity index (χ4n) is 2.30. The number of hydrogen-bond donors (Lipinski definition) is 3. The van der Waals surface area contributed by atoms with Crippen molar-refractivity contribution in [2.75, 3.05) is 16.4 Å². The first-order chi connectivity index (χ1) is 11.1. The summed E-state index contributed by atoms with van der Waals surface area (Å²) in [5.41, 5.74) is 7.71. The highest BCUT2D eigenvalue weighted by Gasteiger charge is 2.12. The molecular formula is C18H15N3OS. The molecule has 0 fully saturated rings. The molecule has 114 valence electrons. The molecule has 0 saturated carbocycles. The van der Waals surface area contributed by atoms with Crippen LogP contribution in [0.1, 0.15) is 0 Å². The molecule has 0 bridgehead atoms. The van der Waals surface area contributed by atoms with Gasteiger partial charge in [-0.2, -0.15) is 0 Å². The Labute approximate surface area is 139 Å². The minimum absolute atomic E-state index is 0.0656. The van der Waals surface area contributed by atoms with E-state index >= 15 is 0 Å². The summed E-state index contributed by atoms with van der Waals surface area (Å²) >= 11 is 5.16. The van der Waals surface area contributed by atoms with Crippen molar-refractivity contribution in [3.8, 4) is 0 Å². The maximum absolute atomic E-state index is 12.3. The van der Waals surface area contributed by atoms with Gasteiger partial charge in [-0.25, -0.2) is 0 Å². The Balaban J connectivity index is 1.78. The molecule has 0 atom stereocenters. The van der Waals surface area contributed by atoms with Crippen LogP contribution in [0.4, 0.5) is 17.1 Å². The van der Waals surface area contributed by atoms with Crippen molar-refractivity contribution in [3.63, 3.8) is 0 Å². The van der Waals surface area contributed by atoms with Crippen LogP contribution in [0.3, 0.4) is 0 Å². The van der Waals surface area contributed by atoms with Gasteiger partial charge in [-0.1, -0.05) is 60.7 Å². The van der Waals surface area contributed by atoms with Crippen molar-refractivity contribution in [1.29, 1.82) is 0 Å². The zero-order valence-electron chi connectivity index (χ0n) is 12.2. The van der Waals surface area contributed by atoms with Crippen LogP contribution in [0.15, 0.2) is 66.7 Å². The number of nitrogens with two attached hydrogens (primary N) is 1. The molecule has 0 aliphatic rings. The molecule has 3 aromatic carbocycles. The maximum Gasteiger partial charge on any atom is 0.283 e. The molecule has 0 unspecified atom stereocenters. The first-order valence-corrected chi connectivity index (χ1v) is 7.50. The van der Waals surface area contributed by atoms with Gasteiger partial charge in [0.2, 0.25) is 0 Å². The number of thiocarbonyl (C=S) groups is 1. The van der Waals surface area contributed by atoms with Crippen molar-refractivity contribution in [1.82, 2.24) is 0 Å². The van der Waals surface area contributed by atoms with E-state index in [-0.39, 0.29) is 10.9 Å². The number of anilines is 3. The highest BCUT2D eigenvalue weighted by atomic mass is 32.1. The smallest absolute Gasteiger partial charge is 0.283 e. The Kier molecular flexibility index (Phi) is 4.21. The summed E-state index contributed by atoms with van der Waals surface area (Å²) in [6.45, 7) is 0. The van der Waals surface area contributed by atoms with E-state index in [0.717, 1.165) is 16.5 Å². The summed E-state index contributed by atoms with van der Waals surface area (Å²) in [4.78, 5) is 12.4. The van der Waals surface area contributed by atoms with E-state index in [4.69, 9.17) is 18.0 Å². The topological polar surface area (TPSA) is 67.1 Å². The monoisotopic (exact) mass is 321 g/mol. The highest BCUT2D eigenvalue weighted by molar-refractivity contribution is 7.82. The summed E-state index contributed by atoms with van der Waals surface area (Å²) in [6, 6.07) is 20.7. The van der Waals surface area contributed by atoms with E-state index in [2.05, 4.69) is 10.6 Å². The summed E-state index contributed by atoms with van der Waals surface area (Å²) in [5.74, 6) is -0.375. The Hall–Kier alpha value is -2.92. The number of nitrogens with one attached hydrogen (secondary N) is 2. The standard InChI is InChI=1S/C18H15N3OS/c19-14-9-3-4-10-16(14)21-18(23)17(22)20-15-11-5-7-12-6-1-2-8-13(12)15/h1-11H,19H2,(H,20,22)(H,21,23). The van der Waals surface area contributed by atoms with Crippen LogP contribution < -0.4 is 16.4 Å². The SMILES string of the molecule is Nc1ccccc1NC(=S)C(=O)Nc1cccc2ccccc12. The van der Waals surface area contributed by atoms with Gasteiger partial charge in [0.15, 0.2) is 4.99 Å². The van der Waals surface area contributed by atoms with Gasteiger partial charge in [-0.15, -0.1) is 0 Å². The molecule has 4 N–H and O–H groups in total. The first-order valence-electron chi connectivity index (χ1n) is 7.10. The van der Waals surface area contributed by atoms with Gasteiger partial charge in [0, 0.05) is 11.1 Å². The van der Waals surface area contributed by atoms with Crippen molar-refractivity contribution >= 4 is 50.9 Å². The van der Waals surface area contributed by atoms with Crippen molar-refractivity contribution in [3.05, 3.63) is 66.7 Å². The molecule has 0 saturated heterocycles. The van der Waals surface area contributed by atoms with E-state index in [1.165, 1.54) is 0 Å². The molecule has 0 aliphatic heterocycles. The lowest BCUT2D eigenvalue weighted by atomic mass is 10.1. The minimum Gasteiger partial charge on any atom is -0.397 e. The number of carbonyl (C=O) groups excluding carboxylic acids is 1. The van der Waals surface area contributed by atoms with Crippen LogP contribution >= 0.6 is 12.2 Å². The minimum atomic E-state index is -0.375. The zero-order chi connectivity index (χ0) is 16.2. The van der Waals surface area contributed by atoms with Gasteiger partial charge >= 0.3 is 0 Å². The third-order valence-corrected chi connectivity index (χ3v) is 3.74. The normalized spacial score (nSPS) is 10.3. The summed E-state index contributed by atoms with van der Waals surface area (Å²) < 4.78 is 0. The number of rotatable bonds is 2. The van der Waals surface area contributed by atoms with Crippen LogP contribution in [0.25, 0.3) is 10.8 Å². The second-order valence-electron chi connectivity index (χ2n) is 5.02. The molecule has 0 spiro atoms. The first kappa shape index (κ1) is 15.0. The van der Waals surface area contributed by atoms with Gasteiger partial charge in [0.25, 0.3) is 5.91 Å². The third kappa shape index (κ3) is 3.30. The average Bonchev–Trinajstić information content (AvgIpc) is 2.57. The Morgan fingerprint density at radius 3 is 2.30 bits per heavy atom. The van der Waals surface area contributed by atoms with E-state index in [1.807, 2.05) is 54.6 Å². The average molecular weight is 321 g/mol. The number of hydrogen-bond acceptors (Lipinski definition) is 3. The van der Waals surface area contributed by atoms with E-state index < -0.39 is 0 Å². The number of carbonyl (C=O) groups is 1. The van der Waals surface area contributed by atoms with Crippen LogP contribution in [0.2, 0.25) is 0 Å². The lowest BCUT2D eigenvalue weighted by molar-refractivity contribution is -0.110. The predicted molar refractivity (Wildman–Crippen MR) is 99.7 cm³/mol. The molecular weight excluding hydrogens is 306 g/mol. The van der Waals surface area contributed by atoms with Crippen molar-refractivity contribution in [2.45, 2.75) is 0 Å². The maximum atomic E-state index is 12.3. The predicted octanol–water partition coefficient (Wildman–Crippen LogP) is 3.80. The lowest BCUT2D eigenvalue weighted by Gasteiger charge is -2.12. The number of nitrogen functional groups attached to an aromatic ring is 1. The van der Waals surface area contributed by atoms with Crippen LogP contribution in [0.5, 0.6) is 0 Å². The molecule has 0 aromatic heterocycles. The quantitative estimate of drug-likeness (QED) is 0.496. The number of fused-ring (bicyclic) bond motifs is 1. The fourth-order valence-corrected chi connectivity index (χ4v) is 2.46. The molecule has 1 amide bonds. The van der Waals surface area contributed by atoms with Crippen LogP contribution in [-0.4, -0.2) is 10.9 Å². The number of amides is 1. The summed E-state index contributed by atoms with van der Waals surface area (Å²) in [7, 11) is 0. The van der Waals surface area contributed by atoms with Gasteiger partial charge in [0.1, 0.15) is 0 Å². The molecule has 3 aromatic rings. The van der Waals surface area contributed by atoms with Crippen LogP contribution in [-0.2, 0) is 4.79 Å². The molecule has 5 heteroatoms. The molecule has 23 heavy (non-hydrogen) atoms. The molecule has 0 heterocycles. The van der Waals surface area contributed by atoms with Crippen LogP contribution in [0, 0.1) is 0 Å². The molecule has 0 aliphatic carbocycles. The molecule has 4 nitrogen and oxygen atoms in total. The Morgan fingerprint density at radius 2 is 1.48 bits per heavy atom. The third-order valence-electron chi connectivity index (χ3n) is 3.45. The molecule has 0 radical (unpaired) electrons. The lowest BCUT2D eigenvalue weighted by Crippen LogP contribution is -2.27. The summed E-state index contributed by atoms with van der Waals surface area (Å²) in [5, 5.41) is 7.73. The van der Waals surface area contributed by atoms with E-state index in [9.17, 15) is 4.79 Å². The Bertz CT molecular complexity index is 887. The number of benzene rings is 3. The van der Waals surface area contributed by atoms with Gasteiger partial charge in [0.05, 0.1) is 11.4 Å². The van der Waals surface area contributed by atoms with Crippen molar-refractivity contribution in [2.24, 2.45) is 0 Å². The Morgan fingerprint density at radius 1 is 0.826 bits per heavy atom. The van der Waals surface area contributed by atoms with Crippen molar-refractivity contribution < 1.29 is 4.79 Å². The van der Waals surface area contributed by atoms with Gasteiger partial charge < -0.3 is 16.4 Å². The highest BCUT2D eigenvalue weighted by Crippen LogP contribution is 2.23. The fraction of sp³-hybridized carbons (Fsp3) is 0. The largest absolute Gasteiger partial charge is 0.397 e. The molecule has 3 rings (SSSR count). The second-order valence-corrected chi connectivity index (χ2v) is 5.43. The second kappa shape index (κ2) is 6.46.